The molecule has 0 aromatic carbocycles. The second-order valence-electron chi connectivity index (χ2n) is 5.63. The lowest BCUT2D eigenvalue weighted by molar-refractivity contribution is 0.195. The molecule has 5 heteroatoms. The van der Waals surface area contributed by atoms with Crippen molar-refractivity contribution in [2.45, 2.75) is 46.0 Å². The molecule has 0 amide bonds. The lowest BCUT2D eigenvalue weighted by Crippen LogP contribution is -2.38. The third-order valence-electron chi connectivity index (χ3n) is 3.71. The number of hydrogen-bond acceptors (Lipinski definition) is 2. The van der Waals surface area contributed by atoms with Crippen LogP contribution >= 0.6 is 24.0 Å². The van der Waals surface area contributed by atoms with Crippen LogP contribution < -0.4 is 10.6 Å². The molecule has 1 rings (SSSR count). The second-order valence-corrected chi connectivity index (χ2v) is 5.63. The fourth-order valence-corrected chi connectivity index (χ4v) is 2.71. The van der Waals surface area contributed by atoms with Crippen LogP contribution in [0.3, 0.4) is 0 Å². The van der Waals surface area contributed by atoms with Gasteiger partial charge in [0.05, 0.1) is 0 Å². The van der Waals surface area contributed by atoms with Gasteiger partial charge in [0.2, 0.25) is 0 Å². The van der Waals surface area contributed by atoms with Gasteiger partial charge in [-0.1, -0.05) is 19.8 Å². The van der Waals surface area contributed by atoms with Crippen molar-refractivity contribution >= 4 is 29.9 Å². The van der Waals surface area contributed by atoms with Gasteiger partial charge in [-0.2, -0.15) is 0 Å². The van der Waals surface area contributed by atoms with E-state index in [1.807, 2.05) is 0 Å². The van der Waals surface area contributed by atoms with Crippen LogP contribution in [0.1, 0.15) is 46.0 Å². The van der Waals surface area contributed by atoms with E-state index >= 15 is 0 Å². The molecule has 20 heavy (non-hydrogen) atoms. The summed E-state index contributed by atoms with van der Waals surface area (Å²) in [5.41, 5.74) is 0. The molecule has 1 fully saturated rings. The molecule has 4 nitrogen and oxygen atoms in total. The Balaban J connectivity index is 0.00000361. The molecule has 0 aliphatic heterocycles. The molecule has 1 aliphatic rings. The molecule has 0 aromatic heterocycles. The largest absolute Gasteiger partial charge is 0.385 e. The average Bonchev–Trinajstić information content (AvgIpc) is 2.41. The molecular weight excluding hydrogens is 365 g/mol. The summed E-state index contributed by atoms with van der Waals surface area (Å²) in [6, 6.07) is 0. The molecule has 1 aliphatic carbocycles. The maximum atomic E-state index is 5.05. The van der Waals surface area contributed by atoms with Crippen molar-refractivity contribution in [3.05, 3.63) is 0 Å². The number of nitrogens with one attached hydrogen (secondary N) is 2. The van der Waals surface area contributed by atoms with E-state index < -0.39 is 0 Å². The van der Waals surface area contributed by atoms with Crippen LogP contribution in [-0.2, 0) is 4.74 Å². The van der Waals surface area contributed by atoms with Gasteiger partial charge in [0, 0.05) is 33.4 Å². The Kier molecular flexibility index (Phi) is 12.7. The lowest BCUT2D eigenvalue weighted by Gasteiger charge is -2.25. The van der Waals surface area contributed by atoms with Crippen molar-refractivity contribution in [2.24, 2.45) is 16.8 Å². The first-order valence-corrected chi connectivity index (χ1v) is 7.77. The minimum absolute atomic E-state index is 0. The van der Waals surface area contributed by atoms with Gasteiger partial charge in [0.1, 0.15) is 0 Å². The van der Waals surface area contributed by atoms with Gasteiger partial charge in [-0.25, -0.2) is 0 Å². The molecule has 2 unspecified atom stereocenters. The first-order chi connectivity index (χ1) is 9.26. The molecule has 120 valence electrons. The fourth-order valence-electron chi connectivity index (χ4n) is 2.71. The normalized spacial score (nSPS) is 23.1. The Hall–Kier alpha value is -0.0400. The van der Waals surface area contributed by atoms with E-state index in [0.29, 0.717) is 0 Å². The maximum Gasteiger partial charge on any atom is 0.191 e. The summed E-state index contributed by atoms with van der Waals surface area (Å²) >= 11 is 0. The first kappa shape index (κ1) is 20.0. The number of rotatable bonds is 7. The predicted molar refractivity (Wildman–Crippen MR) is 97.0 cm³/mol. The summed E-state index contributed by atoms with van der Waals surface area (Å²) in [6.07, 6.45) is 6.47. The van der Waals surface area contributed by atoms with E-state index in [0.717, 1.165) is 50.5 Å². The van der Waals surface area contributed by atoms with Gasteiger partial charge in [0.25, 0.3) is 0 Å². The summed E-state index contributed by atoms with van der Waals surface area (Å²) in [5.74, 6) is 2.61. The minimum Gasteiger partial charge on any atom is -0.385 e. The van der Waals surface area contributed by atoms with Crippen LogP contribution in [0.2, 0.25) is 0 Å². The molecule has 1 saturated carbocycles. The molecule has 0 heterocycles. The van der Waals surface area contributed by atoms with Crippen molar-refractivity contribution in [2.75, 3.05) is 33.4 Å². The van der Waals surface area contributed by atoms with Crippen molar-refractivity contribution in [3.8, 4) is 0 Å². The topological polar surface area (TPSA) is 45.7 Å². The second kappa shape index (κ2) is 12.7. The average molecular weight is 397 g/mol. The molecular formula is C15H32IN3O. The zero-order valence-corrected chi connectivity index (χ0v) is 15.6. The number of ether oxygens (including phenoxy) is 1. The van der Waals surface area contributed by atoms with E-state index in [1.54, 1.807) is 7.11 Å². The number of nitrogens with zero attached hydrogens (tertiary/aromatic N) is 1. The first-order valence-electron chi connectivity index (χ1n) is 7.77. The SMILES string of the molecule is CCNC(=NCC1CCCC(C)C1)NCCCOC.I. The van der Waals surface area contributed by atoms with Crippen LogP contribution in [0.25, 0.3) is 0 Å². The number of hydrogen-bond donors (Lipinski definition) is 2. The van der Waals surface area contributed by atoms with Crippen molar-refractivity contribution < 1.29 is 4.74 Å². The van der Waals surface area contributed by atoms with Crippen molar-refractivity contribution in [1.82, 2.24) is 10.6 Å². The Labute approximate surface area is 141 Å². The van der Waals surface area contributed by atoms with Crippen molar-refractivity contribution in [1.29, 1.82) is 0 Å². The van der Waals surface area contributed by atoms with E-state index in [1.165, 1.54) is 25.7 Å². The Morgan fingerprint density at radius 2 is 2.10 bits per heavy atom. The molecule has 0 bridgehead atoms. The predicted octanol–water partition coefficient (Wildman–Crippen LogP) is 3.02. The summed E-state index contributed by atoms with van der Waals surface area (Å²) in [6.45, 7) is 8.06. The highest BCUT2D eigenvalue weighted by molar-refractivity contribution is 14.0. The summed E-state index contributed by atoms with van der Waals surface area (Å²) in [7, 11) is 1.74. The summed E-state index contributed by atoms with van der Waals surface area (Å²) in [5, 5.41) is 6.67. The van der Waals surface area contributed by atoms with Crippen molar-refractivity contribution in [3.63, 3.8) is 0 Å². The number of aliphatic imine (C=N–C) groups is 1. The lowest BCUT2D eigenvalue weighted by atomic mass is 9.82. The molecule has 0 aromatic rings. The quantitative estimate of drug-likeness (QED) is 0.301. The van der Waals surface area contributed by atoms with Gasteiger partial charge < -0.3 is 15.4 Å². The van der Waals surface area contributed by atoms with Gasteiger partial charge in [-0.05, 0) is 38.0 Å². The minimum atomic E-state index is 0. The van der Waals surface area contributed by atoms with Crippen LogP contribution in [0.4, 0.5) is 0 Å². The monoisotopic (exact) mass is 397 g/mol. The smallest absolute Gasteiger partial charge is 0.191 e. The number of halogens is 1. The van der Waals surface area contributed by atoms with Crippen LogP contribution in [-0.4, -0.2) is 39.3 Å². The van der Waals surface area contributed by atoms with Crippen LogP contribution in [0.15, 0.2) is 4.99 Å². The molecule has 0 saturated heterocycles. The van der Waals surface area contributed by atoms with Gasteiger partial charge in [-0.15, -0.1) is 24.0 Å². The van der Waals surface area contributed by atoms with E-state index in [4.69, 9.17) is 9.73 Å². The highest BCUT2D eigenvalue weighted by atomic mass is 127. The highest BCUT2D eigenvalue weighted by Gasteiger charge is 2.18. The molecule has 2 N–H and O–H groups in total. The van der Waals surface area contributed by atoms with E-state index in [-0.39, 0.29) is 24.0 Å². The Bertz CT molecular complexity index is 262. The summed E-state index contributed by atoms with van der Waals surface area (Å²) in [4.78, 5) is 4.72. The number of methoxy groups -OCH3 is 1. The molecule has 0 spiro atoms. The highest BCUT2D eigenvalue weighted by Crippen LogP contribution is 2.28. The van der Waals surface area contributed by atoms with Gasteiger partial charge in [0.15, 0.2) is 5.96 Å². The Morgan fingerprint density at radius 3 is 2.75 bits per heavy atom. The van der Waals surface area contributed by atoms with E-state index in [2.05, 4.69) is 24.5 Å². The third kappa shape index (κ3) is 9.00. The third-order valence-corrected chi connectivity index (χ3v) is 3.71. The maximum absolute atomic E-state index is 5.05. The molecule has 2 atom stereocenters. The standard InChI is InChI=1S/C15H31N3O.HI/c1-4-16-15(17-9-6-10-19-3)18-12-14-8-5-7-13(2)11-14;/h13-14H,4-12H2,1-3H3,(H2,16,17,18);1H. The van der Waals surface area contributed by atoms with Crippen LogP contribution in [0, 0.1) is 11.8 Å². The van der Waals surface area contributed by atoms with E-state index in [9.17, 15) is 0 Å². The molecule has 0 radical (unpaired) electrons. The summed E-state index contributed by atoms with van der Waals surface area (Å²) < 4.78 is 5.05. The number of guanidine groups is 1. The van der Waals surface area contributed by atoms with Crippen LogP contribution in [0.5, 0.6) is 0 Å². The van der Waals surface area contributed by atoms with Gasteiger partial charge in [-0.3, -0.25) is 4.99 Å². The zero-order valence-electron chi connectivity index (χ0n) is 13.3. The fraction of sp³-hybridized carbons (Fsp3) is 0.933. The zero-order chi connectivity index (χ0) is 13.9. The van der Waals surface area contributed by atoms with Gasteiger partial charge >= 0.3 is 0 Å². The Morgan fingerprint density at radius 1 is 1.30 bits per heavy atom.